The number of carbonyl (C=O) groups excluding carboxylic acids is 1. The lowest BCUT2D eigenvalue weighted by molar-refractivity contribution is -0.126. The highest BCUT2D eigenvalue weighted by Gasteiger charge is 2.27. The predicted octanol–water partition coefficient (Wildman–Crippen LogP) is 0.934. The lowest BCUT2D eigenvalue weighted by atomic mass is 10.1. The molecule has 2 unspecified atom stereocenters. The molecular formula is C13H18N2O2. The highest BCUT2D eigenvalue weighted by Crippen LogP contribution is 2.22. The smallest absolute Gasteiger partial charge is 0.234 e. The van der Waals surface area contributed by atoms with E-state index < -0.39 is 0 Å². The van der Waals surface area contributed by atoms with Gasteiger partial charge >= 0.3 is 0 Å². The van der Waals surface area contributed by atoms with Crippen LogP contribution < -0.4 is 5.73 Å². The minimum absolute atomic E-state index is 0.0340. The van der Waals surface area contributed by atoms with Crippen LogP contribution in [0.25, 0.3) is 0 Å². The first-order valence-electron chi connectivity index (χ1n) is 5.88. The molecule has 0 bridgehead atoms. The van der Waals surface area contributed by atoms with Gasteiger partial charge in [0.2, 0.25) is 5.91 Å². The summed E-state index contributed by atoms with van der Waals surface area (Å²) in [5.41, 5.74) is 6.48. The van der Waals surface area contributed by atoms with Crippen molar-refractivity contribution in [3.63, 3.8) is 0 Å². The van der Waals surface area contributed by atoms with E-state index in [2.05, 4.69) is 4.90 Å². The number of rotatable bonds is 3. The summed E-state index contributed by atoms with van der Waals surface area (Å²) in [6.45, 7) is 3.95. The van der Waals surface area contributed by atoms with Gasteiger partial charge in [-0.2, -0.15) is 0 Å². The van der Waals surface area contributed by atoms with Crippen LogP contribution in [0.5, 0.6) is 0 Å². The fourth-order valence-electron chi connectivity index (χ4n) is 2.07. The molecule has 1 saturated heterocycles. The van der Waals surface area contributed by atoms with E-state index in [9.17, 15) is 4.79 Å². The molecule has 0 saturated carbocycles. The molecule has 1 heterocycles. The first kappa shape index (κ1) is 12.1. The molecule has 1 aliphatic rings. The van der Waals surface area contributed by atoms with Crippen LogP contribution in [-0.2, 0) is 9.53 Å². The van der Waals surface area contributed by atoms with Gasteiger partial charge in [-0.25, -0.2) is 0 Å². The van der Waals surface area contributed by atoms with E-state index in [1.807, 2.05) is 37.3 Å². The quantitative estimate of drug-likeness (QED) is 0.846. The van der Waals surface area contributed by atoms with Crippen LogP contribution in [0.2, 0.25) is 0 Å². The lowest BCUT2D eigenvalue weighted by Gasteiger charge is -2.35. The average molecular weight is 234 g/mol. The largest absolute Gasteiger partial charge is 0.371 e. The molecule has 0 aromatic heterocycles. The Bertz CT molecular complexity index is 380. The van der Waals surface area contributed by atoms with E-state index in [-0.39, 0.29) is 18.1 Å². The van der Waals surface area contributed by atoms with Gasteiger partial charge in [0.15, 0.2) is 0 Å². The fourth-order valence-corrected chi connectivity index (χ4v) is 2.07. The van der Waals surface area contributed by atoms with E-state index in [0.29, 0.717) is 13.2 Å². The van der Waals surface area contributed by atoms with Gasteiger partial charge < -0.3 is 10.5 Å². The number of ether oxygens (including phenoxy) is 1. The topological polar surface area (TPSA) is 55.6 Å². The van der Waals surface area contributed by atoms with E-state index in [1.54, 1.807) is 0 Å². The molecule has 1 fully saturated rings. The van der Waals surface area contributed by atoms with Gasteiger partial charge in [0.05, 0.1) is 18.8 Å². The second-order valence-electron chi connectivity index (χ2n) is 4.34. The van der Waals surface area contributed by atoms with Crippen molar-refractivity contribution in [1.29, 1.82) is 0 Å². The monoisotopic (exact) mass is 234 g/mol. The molecule has 1 aromatic carbocycles. The summed E-state index contributed by atoms with van der Waals surface area (Å²) in [5, 5.41) is 0. The number of primary amides is 1. The standard InChI is InChI=1S/C13H18N2O2/c1-10(13(14)16)15-7-8-17-12(9-15)11-5-3-2-4-6-11/h2-6,10,12H,7-9H2,1H3,(H2,14,16). The zero-order valence-electron chi connectivity index (χ0n) is 10.0. The van der Waals surface area contributed by atoms with Gasteiger partial charge in [0, 0.05) is 13.1 Å². The Kier molecular flexibility index (Phi) is 3.76. The molecule has 0 spiro atoms. The number of nitrogens with two attached hydrogens (primary N) is 1. The molecule has 1 aliphatic heterocycles. The molecule has 2 atom stereocenters. The summed E-state index contributed by atoms with van der Waals surface area (Å²) in [4.78, 5) is 13.3. The Morgan fingerprint density at radius 1 is 1.47 bits per heavy atom. The van der Waals surface area contributed by atoms with Crippen LogP contribution in [0.1, 0.15) is 18.6 Å². The Morgan fingerprint density at radius 3 is 2.82 bits per heavy atom. The number of hydrogen-bond acceptors (Lipinski definition) is 3. The van der Waals surface area contributed by atoms with E-state index in [4.69, 9.17) is 10.5 Å². The van der Waals surface area contributed by atoms with Crippen molar-refractivity contribution in [2.45, 2.75) is 19.1 Å². The summed E-state index contributed by atoms with van der Waals surface area (Å²) in [6, 6.07) is 9.83. The molecule has 4 nitrogen and oxygen atoms in total. The highest BCUT2D eigenvalue weighted by atomic mass is 16.5. The SMILES string of the molecule is CC(C(N)=O)N1CCOC(c2ccccc2)C1. The normalized spacial score (nSPS) is 23.2. The van der Waals surface area contributed by atoms with E-state index in [0.717, 1.165) is 12.1 Å². The predicted molar refractivity (Wildman–Crippen MR) is 65.4 cm³/mol. The molecule has 1 aromatic rings. The lowest BCUT2D eigenvalue weighted by Crippen LogP contribution is -2.48. The van der Waals surface area contributed by atoms with Gasteiger partial charge in [-0.15, -0.1) is 0 Å². The van der Waals surface area contributed by atoms with Crippen LogP contribution in [0.3, 0.4) is 0 Å². The van der Waals surface area contributed by atoms with Crippen molar-refractivity contribution >= 4 is 5.91 Å². The first-order chi connectivity index (χ1) is 8.18. The number of amides is 1. The number of carbonyl (C=O) groups is 1. The Morgan fingerprint density at radius 2 is 2.18 bits per heavy atom. The average Bonchev–Trinajstić information content (AvgIpc) is 2.39. The van der Waals surface area contributed by atoms with Crippen LogP contribution in [0, 0.1) is 0 Å². The Balaban J connectivity index is 2.05. The summed E-state index contributed by atoms with van der Waals surface area (Å²) in [6.07, 6.45) is 0.0340. The molecule has 4 heteroatoms. The zero-order valence-corrected chi connectivity index (χ0v) is 10.0. The maximum absolute atomic E-state index is 11.2. The van der Waals surface area contributed by atoms with Crippen molar-refractivity contribution in [2.24, 2.45) is 5.73 Å². The number of benzene rings is 1. The van der Waals surface area contributed by atoms with Crippen LogP contribution in [0.15, 0.2) is 30.3 Å². The summed E-state index contributed by atoms with van der Waals surface area (Å²) in [5.74, 6) is -0.279. The third kappa shape index (κ3) is 2.84. The Hall–Kier alpha value is -1.39. The molecule has 17 heavy (non-hydrogen) atoms. The van der Waals surface area contributed by atoms with Gasteiger partial charge in [0.25, 0.3) is 0 Å². The van der Waals surface area contributed by atoms with Crippen molar-refractivity contribution in [2.75, 3.05) is 19.7 Å². The minimum atomic E-state index is -0.279. The fraction of sp³-hybridized carbons (Fsp3) is 0.462. The minimum Gasteiger partial charge on any atom is -0.371 e. The molecule has 0 aliphatic carbocycles. The van der Waals surface area contributed by atoms with Crippen LogP contribution in [-0.4, -0.2) is 36.5 Å². The first-order valence-corrected chi connectivity index (χ1v) is 5.88. The molecule has 92 valence electrons. The zero-order chi connectivity index (χ0) is 12.3. The van der Waals surface area contributed by atoms with Gasteiger partial charge in [-0.05, 0) is 12.5 Å². The van der Waals surface area contributed by atoms with Gasteiger partial charge in [0.1, 0.15) is 0 Å². The highest BCUT2D eigenvalue weighted by molar-refractivity contribution is 5.79. The summed E-state index contributed by atoms with van der Waals surface area (Å²) >= 11 is 0. The number of nitrogens with zero attached hydrogens (tertiary/aromatic N) is 1. The second kappa shape index (κ2) is 5.29. The van der Waals surface area contributed by atoms with Crippen LogP contribution >= 0.6 is 0 Å². The number of morpholine rings is 1. The Labute approximate surface area is 101 Å². The molecule has 0 radical (unpaired) electrons. The maximum Gasteiger partial charge on any atom is 0.234 e. The van der Waals surface area contributed by atoms with Crippen LogP contribution in [0.4, 0.5) is 0 Å². The van der Waals surface area contributed by atoms with Gasteiger partial charge in [-0.1, -0.05) is 30.3 Å². The molecule has 2 rings (SSSR count). The molecule has 1 amide bonds. The van der Waals surface area contributed by atoms with Crippen molar-refractivity contribution in [1.82, 2.24) is 4.90 Å². The molecule has 2 N–H and O–H groups in total. The van der Waals surface area contributed by atoms with E-state index >= 15 is 0 Å². The summed E-state index contributed by atoms with van der Waals surface area (Å²) < 4.78 is 5.73. The van der Waals surface area contributed by atoms with E-state index in [1.165, 1.54) is 0 Å². The van der Waals surface area contributed by atoms with Crippen molar-refractivity contribution in [3.05, 3.63) is 35.9 Å². The third-order valence-electron chi connectivity index (χ3n) is 3.23. The molecular weight excluding hydrogens is 216 g/mol. The second-order valence-corrected chi connectivity index (χ2v) is 4.34. The number of hydrogen-bond donors (Lipinski definition) is 1. The van der Waals surface area contributed by atoms with Gasteiger partial charge in [-0.3, -0.25) is 9.69 Å². The summed E-state index contributed by atoms with van der Waals surface area (Å²) in [7, 11) is 0. The maximum atomic E-state index is 11.2. The third-order valence-corrected chi connectivity index (χ3v) is 3.23. The van der Waals surface area contributed by atoms with Crippen molar-refractivity contribution < 1.29 is 9.53 Å². The van der Waals surface area contributed by atoms with Crippen molar-refractivity contribution in [3.8, 4) is 0 Å².